The summed E-state index contributed by atoms with van der Waals surface area (Å²) >= 11 is 0. The second-order valence-corrected chi connectivity index (χ2v) is 2.28. The van der Waals surface area contributed by atoms with E-state index in [1.807, 2.05) is 7.05 Å². The summed E-state index contributed by atoms with van der Waals surface area (Å²) < 4.78 is 0.739. The highest BCUT2D eigenvalue weighted by atomic mass is 16.5. The molecule has 0 amide bonds. The minimum absolute atomic E-state index is 0.633. The van der Waals surface area contributed by atoms with Crippen molar-refractivity contribution in [3.05, 3.63) is 35.3 Å². The van der Waals surface area contributed by atoms with Crippen molar-refractivity contribution < 1.29 is 4.73 Å². The molecular weight excluding hydrogens is 152 g/mol. The van der Waals surface area contributed by atoms with E-state index in [1.54, 1.807) is 12.1 Å². The zero-order valence-corrected chi connectivity index (χ0v) is 6.87. The van der Waals surface area contributed by atoms with Gasteiger partial charge in [-0.1, -0.05) is 11.8 Å². The molecule has 0 saturated heterocycles. The van der Waals surface area contributed by atoms with Gasteiger partial charge in [0.1, 0.15) is 0 Å². The number of nitrogens with zero attached hydrogens (tertiary/aromatic N) is 1. The number of nitrogens with one attached hydrogen (secondary N) is 1. The molecule has 1 aromatic rings. The Kier molecular flexibility index (Phi) is 3.12. The molecule has 3 nitrogen and oxygen atoms in total. The predicted molar refractivity (Wildman–Crippen MR) is 46.2 cm³/mol. The van der Waals surface area contributed by atoms with Crippen molar-refractivity contribution >= 4 is 0 Å². The van der Waals surface area contributed by atoms with Crippen LogP contribution in [0.2, 0.25) is 0 Å². The molecule has 0 bridgehead atoms. The van der Waals surface area contributed by atoms with Gasteiger partial charge in [-0.3, -0.25) is 0 Å². The summed E-state index contributed by atoms with van der Waals surface area (Å²) in [7, 11) is 1.83. The van der Waals surface area contributed by atoms with Gasteiger partial charge >= 0.3 is 0 Å². The highest BCUT2D eigenvalue weighted by Gasteiger charge is 1.89. The molecule has 1 N–H and O–H groups in total. The van der Waals surface area contributed by atoms with Crippen molar-refractivity contribution in [2.75, 3.05) is 13.6 Å². The molecule has 1 rings (SSSR count). The van der Waals surface area contributed by atoms with Gasteiger partial charge in [0.25, 0.3) is 0 Å². The SMILES string of the molecule is CNCC#Cc1ccc[n+]([O-])c1. The van der Waals surface area contributed by atoms with E-state index in [4.69, 9.17) is 0 Å². The Morgan fingerprint density at radius 3 is 3.17 bits per heavy atom. The molecular formula is C9H10N2O. The van der Waals surface area contributed by atoms with Crippen LogP contribution in [0.25, 0.3) is 0 Å². The molecule has 0 spiro atoms. The van der Waals surface area contributed by atoms with E-state index >= 15 is 0 Å². The largest absolute Gasteiger partial charge is 0.619 e. The average molecular weight is 162 g/mol. The van der Waals surface area contributed by atoms with Crippen molar-refractivity contribution in [3.8, 4) is 11.8 Å². The molecule has 1 heterocycles. The van der Waals surface area contributed by atoms with E-state index in [0.717, 1.165) is 10.3 Å². The van der Waals surface area contributed by atoms with E-state index in [9.17, 15) is 5.21 Å². The van der Waals surface area contributed by atoms with Gasteiger partial charge in [0.2, 0.25) is 0 Å². The van der Waals surface area contributed by atoms with Gasteiger partial charge in [-0.05, 0) is 13.1 Å². The van der Waals surface area contributed by atoms with Crippen LogP contribution in [-0.2, 0) is 0 Å². The Morgan fingerprint density at radius 2 is 2.50 bits per heavy atom. The summed E-state index contributed by atoms with van der Waals surface area (Å²) in [5.74, 6) is 5.72. The Morgan fingerprint density at radius 1 is 1.67 bits per heavy atom. The Labute approximate surface area is 71.6 Å². The van der Waals surface area contributed by atoms with Crippen molar-refractivity contribution in [1.29, 1.82) is 0 Å². The highest BCUT2D eigenvalue weighted by molar-refractivity contribution is 5.30. The van der Waals surface area contributed by atoms with E-state index < -0.39 is 0 Å². The third-order valence-corrected chi connectivity index (χ3v) is 1.27. The monoisotopic (exact) mass is 162 g/mol. The summed E-state index contributed by atoms with van der Waals surface area (Å²) in [6.45, 7) is 0.633. The molecule has 0 atom stereocenters. The molecule has 62 valence electrons. The number of pyridine rings is 1. The first-order chi connectivity index (χ1) is 5.83. The summed E-state index contributed by atoms with van der Waals surface area (Å²) in [6, 6.07) is 3.48. The fourth-order valence-corrected chi connectivity index (χ4v) is 0.763. The fraction of sp³-hybridized carbons (Fsp3) is 0.222. The second-order valence-electron chi connectivity index (χ2n) is 2.28. The Bertz CT molecular complexity index is 312. The summed E-state index contributed by atoms with van der Waals surface area (Å²) in [5.41, 5.74) is 0.739. The van der Waals surface area contributed by atoms with Crippen LogP contribution in [0.15, 0.2) is 24.5 Å². The van der Waals surface area contributed by atoms with Crippen molar-refractivity contribution in [2.24, 2.45) is 0 Å². The molecule has 0 aliphatic rings. The van der Waals surface area contributed by atoms with E-state index in [1.165, 1.54) is 12.4 Å². The molecule has 0 aliphatic heterocycles. The number of hydrogen-bond donors (Lipinski definition) is 1. The lowest BCUT2D eigenvalue weighted by molar-refractivity contribution is -0.605. The quantitative estimate of drug-likeness (QED) is 0.355. The lowest BCUT2D eigenvalue weighted by Gasteiger charge is -1.93. The first kappa shape index (κ1) is 8.57. The van der Waals surface area contributed by atoms with E-state index in [0.29, 0.717) is 6.54 Å². The molecule has 0 aromatic carbocycles. The minimum Gasteiger partial charge on any atom is -0.619 e. The van der Waals surface area contributed by atoms with E-state index in [-0.39, 0.29) is 0 Å². The lowest BCUT2D eigenvalue weighted by atomic mass is 10.3. The summed E-state index contributed by atoms with van der Waals surface area (Å²) in [6.07, 6.45) is 2.88. The third-order valence-electron chi connectivity index (χ3n) is 1.27. The highest BCUT2D eigenvalue weighted by Crippen LogP contribution is 1.89. The van der Waals surface area contributed by atoms with Crippen molar-refractivity contribution in [2.45, 2.75) is 0 Å². The van der Waals surface area contributed by atoms with Crippen LogP contribution in [0.4, 0.5) is 0 Å². The molecule has 0 fully saturated rings. The van der Waals surface area contributed by atoms with Crippen molar-refractivity contribution in [1.82, 2.24) is 5.32 Å². The Hall–Kier alpha value is -1.53. The first-order valence-corrected chi connectivity index (χ1v) is 3.65. The number of hydrogen-bond acceptors (Lipinski definition) is 2. The van der Waals surface area contributed by atoms with E-state index in [2.05, 4.69) is 17.2 Å². The second kappa shape index (κ2) is 4.37. The Balaban J connectivity index is 2.71. The zero-order chi connectivity index (χ0) is 8.81. The summed E-state index contributed by atoms with van der Waals surface area (Å²) in [4.78, 5) is 0. The van der Waals surface area contributed by atoms with Gasteiger partial charge in [0, 0.05) is 6.07 Å². The standard InChI is InChI=1S/C9H10N2O/c1-10-6-2-4-9-5-3-7-11(12)8-9/h3,5,7-8,10H,6H2,1H3. The van der Waals surface area contributed by atoms with Crippen LogP contribution in [0.1, 0.15) is 5.56 Å². The maximum atomic E-state index is 10.8. The van der Waals surface area contributed by atoms with Gasteiger partial charge in [0.05, 0.1) is 12.1 Å². The molecule has 0 aliphatic carbocycles. The smallest absolute Gasteiger partial charge is 0.195 e. The van der Waals surface area contributed by atoms with Crippen LogP contribution in [0.5, 0.6) is 0 Å². The third kappa shape index (κ3) is 2.60. The molecule has 0 saturated carbocycles. The topological polar surface area (TPSA) is 39.0 Å². The van der Waals surface area contributed by atoms with Gasteiger partial charge in [0.15, 0.2) is 12.4 Å². The van der Waals surface area contributed by atoms with Crippen molar-refractivity contribution in [3.63, 3.8) is 0 Å². The van der Waals surface area contributed by atoms with Gasteiger partial charge in [-0.25, -0.2) is 0 Å². The molecule has 0 unspecified atom stereocenters. The van der Waals surface area contributed by atoms with Crippen LogP contribution in [0.3, 0.4) is 0 Å². The van der Waals surface area contributed by atoms with Crippen LogP contribution in [-0.4, -0.2) is 13.6 Å². The molecule has 12 heavy (non-hydrogen) atoms. The maximum absolute atomic E-state index is 10.8. The molecule has 0 radical (unpaired) electrons. The minimum atomic E-state index is 0.633. The normalized spacial score (nSPS) is 8.75. The van der Waals surface area contributed by atoms with Crippen LogP contribution >= 0.6 is 0 Å². The average Bonchev–Trinajstić information content (AvgIpc) is 2.05. The fourth-order valence-electron chi connectivity index (χ4n) is 0.763. The molecule has 1 aromatic heterocycles. The van der Waals surface area contributed by atoms with Crippen LogP contribution in [0, 0.1) is 17.0 Å². The predicted octanol–water partition coefficient (Wildman–Crippen LogP) is -0.109. The van der Waals surface area contributed by atoms with Gasteiger partial charge in [-0.2, -0.15) is 4.73 Å². The lowest BCUT2D eigenvalue weighted by Crippen LogP contribution is -2.24. The maximum Gasteiger partial charge on any atom is 0.195 e. The zero-order valence-electron chi connectivity index (χ0n) is 6.87. The number of rotatable bonds is 1. The van der Waals surface area contributed by atoms with Gasteiger partial charge < -0.3 is 10.5 Å². The summed E-state index contributed by atoms with van der Waals surface area (Å²) in [5, 5.41) is 13.7. The van der Waals surface area contributed by atoms with Crippen LogP contribution < -0.4 is 10.0 Å². The first-order valence-electron chi connectivity index (χ1n) is 3.65. The number of aromatic nitrogens is 1. The van der Waals surface area contributed by atoms with Gasteiger partial charge in [-0.15, -0.1) is 0 Å². The molecule has 3 heteroatoms.